The summed E-state index contributed by atoms with van der Waals surface area (Å²) in [6.07, 6.45) is 0.463. The van der Waals surface area contributed by atoms with Crippen molar-refractivity contribution < 1.29 is 23.7 Å². The largest absolute Gasteiger partial charge is 0.493 e. The molecule has 0 aliphatic heterocycles. The van der Waals surface area contributed by atoms with Gasteiger partial charge in [-0.25, -0.2) is 4.39 Å². The zero-order valence-electron chi connectivity index (χ0n) is 15.1. The monoisotopic (exact) mass is 348 g/mol. The predicted molar refractivity (Wildman–Crippen MR) is 95.1 cm³/mol. The molecule has 0 aliphatic carbocycles. The van der Waals surface area contributed by atoms with Crippen molar-refractivity contribution in [3.63, 3.8) is 0 Å². The highest BCUT2D eigenvalue weighted by Gasteiger charge is 2.23. The smallest absolute Gasteiger partial charge is 0.203 e. The number of hydrogen-bond acceptors (Lipinski definition) is 4. The van der Waals surface area contributed by atoms with Gasteiger partial charge in [-0.3, -0.25) is 0 Å². The molecule has 0 bridgehead atoms. The first-order valence-electron chi connectivity index (χ1n) is 8.28. The fourth-order valence-electron chi connectivity index (χ4n) is 3.08. The van der Waals surface area contributed by atoms with Crippen molar-refractivity contribution in [1.29, 1.82) is 0 Å². The number of halogens is 1. The molecule has 2 rings (SSSR count). The molecule has 0 radical (unpaired) electrons. The highest BCUT2D eigenvalue weighted by Crippen LogP contribution is 2.44. The van der Waals surface area contributed by atoms with E-state index < -0.39 is 6.10 Å². The van der Waals surface area contributed by atoms with Crippen molar-refractivity contribution in [2.75, 3.05) is 21.3 Å². The summed E-state index contributed by atoms with van der Waals surface area (Å²) in [6.45, 7) is 2.02. The Morgan fingerprint density at radius 2 is 1.72 bits per heavy atom. The van der Waals surface area contributed by atoms with E-state index in [0.717, 1.165) is 12.0 Å². The Hall–Kier alpha value is -2.27. The lowest BCUT2D eigenvalue weighted by atomic mass is 9.88. The molecule has 2 aromatic carbocycles. The first-order chi connectivity index (χ1) is 12.0. The minimum Gasteiger partial charge on any atom is -0.493 e. The molecule has 25 heavy (non-hydrogen) atoms. The van der Waals surface area contributed by atoms with E-state index in [4.69, 9.17) is 14.2 Å². The van der Waals surface area contributed by atoms with Crippen LogP contribution >= 0.6 is 0 Å². The van der Waals surface area contributed by atoms with Crippen molar-refractivity contribution in [1.82, 2.24) is 0 Å². The number of aliphatic hydroxyl groups excluding tert-OH is 1. The summed E-state index contributed by atoms with van der Waals surface area (Å²) >= 11 is 0. The molecule has 2 atom stereocenters. The van der Waals surface area contributed by atoms with Gasteiger partial charge < -0.3 is 19.3 Å². The first kappa shape index (κ1) is 19.1. The molecule has 0 aliphatic rings. The number of hydrogen-bond donors (Lipinski definition) is 1. The van der Waals surface area contributed by atoms with Gasteiger partial charge in [0.05, 0.1) is 27.4 Å². The molecule has 0 saturated heterocycles. The molecule has 0 heterocycles. The number of methoxy groups -OCH3 is 3. The summed E-state index contributed by atoms with van der Waals surface area (Å²) in [4.78, 5) is 0. The van der Waals surface area contributed by atoms with Crippen molar-refractivity contribution in [2.45, 2.75) is 31.8 Å². The quantitative estimate of drug-likeness (QED) is 0.765. The van der Waals surface area contributed by atoms with E-state index in [1.165, 1.54) is 26.4 Å². The summed E-state index contributed by atoms with van der Waals surface area (Å²) < 4.78 is 29.6. The molecule has 0 amide bonds. The molecule has 0 saturated carbocycles. The van der Waals surface area contributed by atoms with Gasteiger partial charge in [0.2, 0.25) is 5.75 Å². The van der Waals surface area contributed by atoms with E-state index in [-0.39, 0.29) is 11.7 Å². The Kier molecular flexibility index (Phi) is 6.65. The minimum absolute atomic E-state index is 0.0310. The molecule has 0 fully saturated rings. The van der Waals surface area contributed by atoms with Crippen molar-refractivity contribution >= 4 is 0 Å². The molecule has 0 spiro atoms. The fraction of sp³-hybridized carbons (Fsp3) is 0.400. The van der Waals surface area contributed by atoms with Crippen LogP contribution in [0.25, 0.3) is 0 Å². The number of rotatable bonds is 8. The van der Waals surface area contributed by atoms with Crippen LogP contribution in [0.4, 0.5) is 4.39 Å². The van der Waals surface area contributed by atoms with Gasteiger partial charge in [0, 0.05) is 5.56 Å². The van der Waals surface area contributed by atoms with E-state index in [1.807, 2.05) is 13.0 Å². The van der Waals surface area contributed by atoms with Gasteiger partial charge in [-0.1, -0.05) is 19.1 Å². The van der Waals surface area contributed by atoms with E-state index in [1.54, 1.807) is 25.3 Å². The van der Waals surface area contributed by atoms with Crippen LogP contribution in [0.3, 0.4) is 0 Å². The molecule has 4 nitrogen and oxygen atoms in total. The summed E-state index contributed by atoms with van der Waals surface area (Å²) in [5, 5.41) is 10.8. The fourth-order valence-corrected chi connectivity index (χ4v) is 3.08. The molecular weight excluding hydrogens is 323 g/mol. The van der Waals surface area contributed by atoms with Crippen LogP contribution in [-0.2, 0) is 0 Å². The van der Waals surface area contributed by atoms with Gasteiger partial charge in [-0.05, 0) is 48.6 Å². The molecule has 0 aromatic heterocycles. The number of ether oxygens (including phenoxy) is 3. The maximum Gasteiger partial charge on any atom is 0.203 e. The second kappa shape index (κ2) is 8.72. The number of benzene rings is 2. The lowest BCUT2D eigenvalue weighted by Crippen LogP contribution is -2.08. The van der Waals surface area contributed by atoms with Gasteiger partial charge in [-0.2, -0.15) is 0 Å². The second-order valence-electron chi connectivity index (χ2n) is 5.84. The van der Waals surface area contributed by atoms with Crippen molar-refractivity contribution in [3.8, 4) is 17.2 Å². The number of aliphatic hydroxyl groups is 1. The normalized spacial score (nSPS) is 13.2. The Morgan fingerprint density at radius 1 is 1.00 bits per heavy atom. The maximum atomic E-state index is 13.5. The zero-order valence-corrected chi connectivity index (χ0v) is 15.1. The molecule has 1 N–H and O–H groups in total. The molecule has 2 unspecified atom stereocenters. The second-order valence-corrected chi connectivity index (χ2v) is 5.84. The molecule has 2 aromatic rings. The maximum absolute atomic E-state index is 13.5. The highest BCUT2D eigenvalue weighted by atomic mass is 19.1. The summed E-state index contributed by atoms with van der Waals surface area (Å²) in [7, 11) is 4.60. The summed E-state index contributed by atoms with van der Waals surface area (Å²) in [5.74, 6) is 1.19. The molecular formula is C20H25FO4. The Morgan fingerprint density at radius 3 is 2.28 bits per heavy atom. The summed E-state index contributed by atoms with van der Waals surface area (Å²) in [5.41, 5.74) is 1.50. The van der Waals surface area contributed by atoms with Gasteiger partial charge in [-0.15, -0.1) is 0 Å². The van der Waals surface area contributed by atoms with Crippen LogP contribution in [0.1, 0.15) is 42.9 Å². The third-order valence-corrected chi connectivity index (χ3v) is 4.41. The molecule has 5 heteroatoms. The van der Waals surface area contributed by atoms with Crippen LogP contribution in [0.2, 0.25) is 0 Å². The van der Waals surface area contributed by atoms with E-state index in [2.05, 4.69) is 0 Å². The van der Waals surface area contributed by atoms with Crippen LogP contribution in [0.5, 0.6) is 17.2 Å². The van der Waals surface area contributed by atoms with Gasteiger partial charge in [0.1, 0.15) is 5.82 Å². The lowest BCUT2D eigenvalue weighted by molar-refractivity contribution is 0.151. The third kappa shape index (κ3) is 4.23. The average molecular weight is 348 g/mol. The van der Waals surface area contributed by atoms with Crippen LogP contribution in [0.15, 0.2) is 36.4 Å². The van der Waals surface area contributed by atoms with Crippen LogP contribution in [0, 0.1) is 5.82 Å². The van der Waals surface area contributed by atoms with Gasteiger partial charge in [0.15, 0.2) is 11.5 Å². The topological polar surface area (TPSA) is 47.9 Å². The third-order valence-electron chi connectivity index (χ3n) is 4.41. The predicted octanol–water partition coefficient (Wildman–Crippen LogP) is 4.47. The van der Waals surface area contributed by atoms with Gasteiger partial charge in [0.25, 0.3) is 0 Å². The molecule has 136 valence electrons. The Balaban J connectivity index is 2.31. The zero-order chi connectivity index (χ0) is 18.4. The van der Waals surface area contributed by atoms with Crippen molar-refractivity contribution in [2.24, 2.45) is 0 Å². The standard InChI is InChI=1S/C20H25FO4/c1-5-13(14-7-6-8-15(21)11-14)12-17(22)16-9-10-18(23-2)20(25-4)19(16)24-3/h6-11,13,17,22H,5,12H2,1-4H3. The minimum atomic E-state index is -0.775. The average Bonchev–Trinajstić information content (AvgIpc) is 2.64. The lowest BCUT2D eigenvalue weighted by Gasteiger charge is -2.23. The van der Waals surface area contributed by atoms with E-state index >= 15 is 0 Å². The SMILES string of the molecule is CCC(CC(O)c1ccc(OC)c(OC)c1OC)c1cccc(F)c1. The van der Waals surface area contributed by atoms with Crippen LogP contribution < -0.4 is 14.2 Å². The van der Waals surface area contributed by atoms with Crippen molar-refractivity contribution in [3.05, 3.63) is 53.3 Å². The van der Waals surface area contributed by atoms with Gasteiger partial charge >= 0.3 is 0 Å². The Bertz CT molecular complexity index is 702. The van der Waals surface area contributed by atoms with E-state index in [9.17, 15) is 9.50 Å². The highest BCUT2D eigenvalue weighted by molar-refractivity contribution is 5.56. The van der Waals surface area contributed by atoms with E-state index in [0.29, 0.717) is 29.2 Å². The van der Waals surface area contributed by atoms with Crippen LogP contribution in [-0.4, -0.2) is 26.4 Å². The first-order valence-corrected chi connectivity index (χ1v) is 8.28. The summed E-state index contributed by atoms with van der Waals surface area (Å²) in [6, 6.07) is 10.0. The Labute approximate surface area is 148 Å².